The molecule has 0 unspecified atom stereocenters. The minimum atomic E-state index is -0.0237. The lowest BCUT2D eigenvalue weighted by atomic mass is 10.0. The number of ether oxygens (including phenoxy) is 4. The van der Waals surface area contributed by atoms with Crippen LogP contribution in [-0.4, -0.2) is 44.3 Å². The van der Waals surface area contributed by atoms with Crippen molar-refractivity contribution in [2.75, 3.05) is 27.4 Å². The van der Waals surface area contributed by atoms with Crippen LogP contribution < -0.4 is 18.9 Å². The average Bonchev–Trinajstić information content (AvgIpc) is 3.64. The molecule has 1 saturated carbocycles. The van der Waals surface area contributed by atoms with Gasteiger partial charge in [0.2, 0.25) is 5.91 Å². The lowest BCUT2D eigenvalue weighted by molar-refractivity contribution is -0.134. The van der Waals surface area contributed by atoms with Gasteiger partial charge in [-0.3, -0.25) is 4.79 Å². The topological polar surface area (TPSA) is 57.2 Å². The van der Waals surface area contributed by atoms with Crippen molar-refractivity contribution in [2.24, 2.45) is 0 Å². The predicted octanol–water partition coefficient (Wildman–Crippen LogP) is 4.55. The number of hydrogen-bond acceptors (Lipinski definition) is 5. The third-order valence-electron chi connectivity index (χ3n) is 5.99. The molecule has 31 heavy (non-hydrogen) atoms. The summed E-state index contributed by atoms with van der Waals surface area (Å²) in [6.45, 7) is 3.42. The van der Waals surface area contributed by atoms with Crippen molar-refractivity contribution in [3.63, 3.8) is 0 Å². The Bertz CT molecular complexity index is 924. The van der Waals surface area contributed by atoms with E-state index in [1.165, 1.54) is 0 Å². The molecule has 0 N–H and O–H groups in total. The summed E-state index contributed by atoms with van der Waals surface area (Å²) >= 11 is 0. The zero-order valence-electron chi connectivity index (χ0n) is 18.6. The third-order valence-corrected chi connectivity index (χ3v) is 5.99. The highest BCUT2D eigenvalue weighted by atomic mass is 16.5. The summed E-state index contributed by atoms with van der Waals surface area (Å²) in [7, 11) is 3.25. The van der Waals surface area contributed by atoms with E-state index in [0.29, 0.717) is 43.6 Å². The summed E-state index contributed by atoms with van der Waals surface area (Å²) in [5.74, 6) is 3.10. The van der Waals surface area contributed by atoms with Crippen LogP contribution in [0, 0.1) is 0 Å². The molecule has 1 atom stereocenters. The molecule has 1 heterocycles. The van der Waals surface area contributed by atoms with Crippen molar-refractivity contribution in [1.82, 2.24) is 4.90 Å². The van der Waals surface area contributed by atoms with Gasteiger partial charge >= 0.3 is 0 Å². The van der Waals surface area contributed by atoms with Crippen LogP contribution in [0.5, 0.6) is 23.0 Å². The fraction of sp³-hybridized carbons (Fsp3) is 0.480. The van der Waals surface area contributed by atoms with E-state index in [2.05, 4.69) is 6.92 Å². The van der Waals surface area contributed by atoms with Crippen LogP contribution in [0.2, 0.25) is 0 Å². The molecule has 1 fully saturated rings. The number of methoxy groups -OCH3 is 2. The minimum Gasteiger partial charge on any atom is -0.493 e. The predicted molar refractivity (Wildman–Crippen MR) is 118 cm³/mol. The third kappa shape index (κ3) is 4.73. The maximum absolute atomic E-state index is 13.3. The Labute approximate surface area is 184 Å². The highest BCUT2D eigenvalue weighted by molar-refractivity contribution is 5.78. The first-order valence-electron chi connectivity index (χ1n) is 11.0. The molecule has 6 heteroatoms. The van der Waals surface area contributed by atoms with Crippen LogP contribution >= 0.6 is 0 Å². The Morgan fingerprint density at radius 2 is 1.87 bits per heavy atom. The van der Waals surface area contributed by atoms with Crippen LogP contribution in [-0.2, 0) is 11.2 Å². The molecule has 2 aromatic rings. The number of carbonyl (C=O) groups excluding carboxylic acids is 1. The van der Waals surface area contributed by atoms with E-state index >= 15 is 0 Å². The summed E-state index contributed by atoms with van der Waals surface area (Å²) in [6.07, 6.45) is 4.03. The van der Waals surface area contributed by atoms with Gasteiger partial charge in [-0.1, -0.05) is 18.2 Å². The van der Waals surface area contributed by atoms with Crippen LogP contribution in [0.15, 0.2) is 36.4 Å². The molecule has 0 radical (unpaired) electrons. The lowest BCUT2D eigenvalue weighted by Crippen LogP contribution is -2.35. The van der Waals surface area contributed by atoms with Crippen LogP contribution in [0.3, 0.4) is 0 Å². The molecule has 1 aliphatic heterocycles. The van der Waals surface area contributed by atoms with Crippen LogP contribution in [0.4, 0.5) is 0 Å². The second kappa shape index (κ2) is 9.50. The number of nitrogens with zero attached hydrogens (tertiary/aromatic N) is 1. The molecule has 1 amide bonds. The van der Waals surface area contributed by atoms with Gasteiger partial charge in [-0.15, -0.1) is 0 Å². The molecule has 0 spiro atoms. The average molecular weight is 426 g/mol. The normalized spacial score (nSPS) is 16.2. The standard InChI is InChI=1S/C25H31NO5/c1-17(19-8-12-21-23(16-19)31-15-5-14-30-21)26(20-10-11-20)24(27)13-9-18-6-4-7-22(28-2)25(18)29-3/h4,6-8,12,16-17,20H,5,9-11,13-15H2,1-3H3/t17-/m1/s1. The highest BCUT2D eigenvalue weighted by Crippen LogP contribution is 2.39. The molecular formula is C25H31NO5. The molecule has 166 valence electrons. The lowest BCUT2D eigenvalue weighted by Gasteiger charge is -2.30. The quantitative estimate of drug-likeness (QED) is 0.621. The fourth-order valence-electron chi connectivity index (χ4n) is 4.21. The zero-order chi connectivity index (χ0) is 21.8. The molecule has 0 bridgehead atoms. The van der Waals surface area contributed by atoms with Gasteiger partial charge in [-0.25, -0.2) is 0 Å². The van der Waals surface area contributed by atoms with Gasteiger partial charge in [0.05, 0.1) is 33.5 Å². The van der Waals surface area contributed by atoms with E-state index in [9.17, 15) is 4.79 Å². The number of para-hydroxylation sites is 1. The van der Waals surface area contributed by atoms with Crippen molar-refractivity contribution in [1.29, 1.82) is 0 Å². The SMILES string of the molecule is COc1cccc(CCC(=O)N(C2CC2)[C@H](C)c2ccc3c(c2)OCCCO3)c1OC. The summed E-state index contributed by atoms with van der Waals surface area (Å²) < 4.78 is 22.5. The van der Waals surface area contributed by atoms with Gasteiger partial charge in [0.15, 0.2) is 23.0 Å². The summed E-state index contributed by atoms with van der Waals surface area (Å²) in [4.78, 5) is 15.4. The molecule has 4 rings (SSSR count). The Kier molecular flexibility index (Phi) is 6.54. The van der Waals surface area contributed by atoms with E-state index in [-0.39, 0.29) is 11.9 Å². The maximum atomic E-state index is 13.3. The molecule has 2 aliphatic rings. The van der Waals surface area contributed by atoms with Gasteiger partial charge in [0.1, 0.15) is 0 Å². The first-order valence-corrected chi connectivity index (χ1v) is 11.0. The van der Waals surface area contributed by atoms with Crippen molar-refractivity contribution < 1.29 is 23.7 Å². The van der Waals surface area contributed by atoms with Crippen molar-refractivity contribution in [2.45, 2.75) is 51.1 Å². The number of carbonyl (C=O) groups is 1. The Morgan fingerprint density at radius 1 is 1.10 bits per heavy atom. The molecule has 0 aromatic heterocycles. The van der Waals surface area contributed by atoms with E-state index < -0.39 is 0 Å². The highest BCUT2D eigenvalue weighted by Gasteiger charge is 2.36. The smallest absolute Gasteiger partial charge is 0.223 e. The van der Waals surface area contributed by atoms with Gasteiger partial charge in [-0.05, 0) is 55.5 Å². The first-order chi connectivity index (χ1) is 15.1. The second-order valence-corrected chi connectivity index (χ2v) is 8.12. The maximum Gasteiger partial charge on any atom is 0.223 e. The summed E-state index contributed by atoms with van der Waals surface area (Å²) in [6, 6.07) is 12.1. The van der Waals surface area contributed by atoms with Gasteiger partial charge in [-0.2, -0.15) is 0 Å². The number of amides is 1. The number of benzene rings is 2. The van der Waals surface area contributed by atoms with E-state index in [0.717, 1.165) is 41.9 Å². The molecule has 0 saturated heterocycles. The molecule has 1 aliphatic carbocycles. The van der Waals surface area contributed by atoms with Crippen LogP contribution in [0.25, 0.3) is 0 Å². The van der Waals surface area contributed by atoms with Crippen molar-refractivity contribution in [3.05, 3.63) is 47.5 Å². The first kappa shape index (κ1) is 21.3. The number of rotatable bonds is 8. The Hall–Kier alpha value is -2.89. The molecular weight excluding hydrogens is 394 g/mol. The van der Waals surface area contributed by atoms with Crippen molar-refractivity contribution >= 4 is 5.91 Å². The van der Waals surface area contributed by atoms with Crippen molar-refractivity contribution in [3.8, 4) is 23.0 Å². The minimum absolute atomic E-state index is 0.0237. The molecule has 2 aromatic carbocycles. The number of fused-ring (bicyclic) bond motifs is 1. The number of aryl methyl sites for hydroxylation is 1. The van der Waals surface area contributed by atoms with E-state index in [1.54, 1.807) is 14.2 Å². The monoisotopic (exact) mass is 425 g/mol. The Balaban J connectivity index is 1.49. The van der Waals surface area contributed by atoms with E-state index in [4.69, 9.17) is 18.9 Å². The van der Waals surface area contributed by atoms with Crippen LogP contribution in [0.1, 0.15) is 49.8 Å². The van der Waals surface area contributed by atoms with Gasteiger partial charge in [0.25, 0.3) is 0 Å². The molecule has 6 nitrogen and oxygen atoms in total. The van der Waals surface area contributed by atoms with E-state index in [1.807, 2.05) is 41.3 Å². The van der Waals surface area contributed by atoms with Gasteiger partial charge in [0, 0.05) is 18.9 Å². The second-order valence-electron chi connectivity index (χ2n) is 8.12. The van der Waals surface area contributed by atoms with Gasteiger partial charge < -0.3 is 23.8 Å². The number of hydrogen-bond donors (Lipinski definition) is 0. The fourth-order valence-corrected chi connectivity index (χ4v) is 4.21. The largest absolute Gasteiger partial charge is 0.493 e. The summed E-state index contributed by atoms with van der Waals surface area (Å²) in [5, 5.41) is 0. The Morgan fingerprint density at radius 3 is 2.58 bits per heavy atom. The zero-order valence-corrected chi connectivity index (χ0v) is 18.6. The summed E-state index contributed by atoms with van der Waals surface area (Å²) in [5.41, 5.74) is 2.05.